The Bertz CT molecular complexity index is 507. The smallest absolute Gasteiger partial charge is 0.253 e. The SMILES string of the molecule is CC#Cc1ccc(C(=O)Cl)c(C#CC)c1. The van der Waals surface area contributed by atoms with Crippen molar-refractivity contribution in [2.75, 3.05) is 0 Å². The second-order valence-corrected chi connectivity index (χ2v) is 3.13. The van der Waals surface area contributed by atoms with Gasteiger partial charge in [-0.15, -0.1) is 11.8 Å². The zero-order valence-electron chi connectivity index (χ0n) is 8.52. The van der Waals surface area contributed by atoms with Crippen LogP contribution in [0.2, 0.25) is 0 Å². The lowest BCUT2D eigenvalue weighted by Gasteiger charge is -1.99. The highest BCUT2D eigenvalue weighted by Crippen LogP contribution is 2.13. The van der Waals surface area contributed by atoms with Gasteiger partial charge >= 0.3 is 0 Å². The molecule has 1 nitrogen and oxygen atoms in total. The van der Waals surface area contributed by atoms with Crippen molar-refractivity contribution in [3.63, 3.8) is 0 Å². The summed E-state index contributed by atoms with van der Waals surface area (Å²) >= 11 is 5.43. The molecule has 0 amide bonds. The van der Waals surface area contributed by atoms with Gasteiger partial charge in [0.15, 0.2) is 0 Å². The van der Waals surface area contributed by atoms with E-state index in [9.17, 15) is 4.79 Å². The van der Waals surface area contributed by atoms with Crippen molar-refractivity contribution in [3.05, 3.63) is 34.9 Å². The first-order chi connectivity index (χ1) is 7.19. The Morgan fingerprint density at radius 1 is 1.20 bits per heavy atom. The number of hydrogen-bond donors (Lipinski definition) is 0. The maximum absolute atomic E-state index is 11.1. The highest BCUT2D eigenvalue weighted by molar-refractivity contribution is 6.68. The van der Waals surface area contributed by atoms with Crippen LogP contribution in [0.3, 0.4) is 0 Å². The molecule has 0 radical (unpaired) electrons. The molecule has 0 fully saturated rings. The standard InChI is InChI=1S/C13H9ClO/c1-3-5-10-7-8-12(13(14)15)11(9-10)6-4-2/h7-9H,1-2H3. The highest BCUT2D eigenvalue weighted by atomic mass is 35.5. The minimum Gasteiger partial charge on any atom is -0.276 e. The lowest BCUT2D eigenvalue weighted by Crippen LogP contribution is -1.94. The van der Waals surface area contributed by atoms with Crippen molar-refractivity contribution in [1.82, 2.24) is 0 Å². The molecule has 1 aromatic carbocycles. The molecule has 0 aliphatic carbocycles. The third-order valence-corrected chi connectivity index (χ3v) is 1.96. The van der Waals surface area contributed by atoms with Crippen molar-refractivity contribution >= 4 is 16.8 Å². The van der Waals surface area contributed by atoms with Crippen molar-refractivity contribution in [2.24, 2.45) is 0 Å². The molecule has 0 aliphatic rings. The van der Waals surface area contributed by atoms with E-state index < -0.39 is 5.24 Å². The summed E-state index contributed by atoms with van der Waals surface area (Å²) in [5.41, 5.74) is 1.88. The van der Waals surface area contributed by atoms with E-state index in [1.807, 2.05) is 0 Å². The molecule has 0 heterocycles. The minimum atomic E-state index is -0.497. The summed E-state index contributed by atoms with van der Waals surface area (Å²) in [5.74, 6) is 11.3. The second kappa shape index (κ2) is 5.25. The van der Waals surface area contributed by atoms with E-state index in [4.69, 9.17) is 11.6 Å². The number of carbonyl (C=O) groups excluding carboxylic acids is 1. The van der Waals surface area contributed by atoms with Crippen molar-refractivity contribution < 1.29 is 4.79 Å². The number of hydrogen-bond acceptors (Lipinski definition) is 1. The number of carbonyl (C=O) groups is 1. The highest BCUT2D eigenvalue weighted by Gasteiger charge is 2.07. The Labute approximate surface area is 94.4 Å². The second-order valence-electron chi connectivity index (χ2n) is 2.78. The Kier molecular flexibility index (Phi) is 3.98. The van der Waals surface area contributed by atoms with E-state index in [0.29, 0.717) is 11.1 Å². The topological polar surface area (TPSA) is 17.1 Å². The lowest BCUT2D eigenvalue weighted by molar-refractivity contribution is 0.108. The molecular weight excluding hydrogens is 208 g/mol. The predicted molar refractivity (Wildman–Crippen MR) is 61.7 cm³/mol. The average molecular weight is 217 g/mol. The van der Waals surface area contributed by atoms with Gasteiger partial charge in [0.1, 0.15) is 0 Å². The van der Waals surface area contributed by atoms with Gasteiger partial charge in [0.2, 0.25) is 0 Å². The van der Waals surface area contributed by atoms with Crippen LogP contribution >= 0.6 is 11.6 Å². The Balaban J connectivity index is 3.35. The molecule has 1 aromatic rings. The zero-order valence-corrected chi connectivity index (χ0v) is 9.27. The van der Waals surface area contributed by atoms with E-state index in [-0.39, 0.29) is 0 Å². The van der Waals surface area contributed by atoms with Crippen LogP contribution in [0.15, 0.2) is 18.2 Å². The first-order valence-corrected chi connectivity index (χ1v) is 4.76. The van der Waals surface area contributed by atoms with Gasteiger partial charge in [-0.25, -0.2) is 0 Å². The fraction of sp³-hybridized carbons (Fsp3) is 0.154. The lowest BCUT2D eigenvalue weighted by atomic mass is 10.1. The van der Waals surface area contributed by atoms with Crippen LogP contribution in [0.4, 0.5) is 0 Å². The zero-order chi connectivity index (χ0) is 11.3. The van der Waals surface area contributed by atoms with E-state index in [1.165, 1.54) is 0 Å². The van der Waals surface area contributed by atoms with Gasteiger partial charge in [0.05, 0.1) is 0 Å². The molecule has 0 aromatic heterocycles. The first-order valence-electron chi connectivity index (χ1n) is 4.38. The molecule has 0 unspecified atom stereocenters. The summed E-state index contributed by atoms with van der Waals surface area (Å²) in [5, 5.41) is -0.497. The molecule has 0 atom stereocenters. The van der Waals surface area contributed by atoms with Crippen molar-refractivity contribution in [2.45, 2.75) is 13.8 Å². The van der Waals surface area contributed by atoms with Crippen LogP contribution < -0.4 is 0 Å². The normalized spacial score (nSPS) is 8.20. The molecule has 0 bridgehead atoms. The molecule has 0 aliphatic heterocycles. The van der Waals surface area contributed by atoms with Crippen LogP contribution in [0.25, 0.3) is 0 Å². The van der Waals surface area contributed by atoms with Crippen LogP contribution in [-0.4, -0.2) is 5.24 Å². The molecule has 74 valence electrons. The maximum atomic E-state index is 11.1. The summed E-state index contributed by atoms with van der Waals surface area (Å²) in [7, 11) is 0. The largest absolute Gasteiger partial charge is 0.276 e. The van der Waals surface area contributed by atoms with E-state index in [0.717, 1.165) is 5.56 Å². The van der Waals surface area contributed by atoms with Crippen LogP contribution in [0.1, 0.15) is 35.3 Å². The maximum Gasteiger partial charge on any atom is 0.253 e. The van der Waals surface area contributed by atoms with Crippen LogP contribution in [-0.2, 0) is 0 Å². The first kappa shape index (κ1) is 11.4. The summed E-state index contributed by atoms with van der Waals surface area (Å²) in [6, 6.07) is 5.17. The van der Waals surface area contributed by atoms with Gasteiger partial charge in [-0.1, -0.05) is 11.8 Å². The Morgan fingerprint density at radius 2 is 1.87 bits per heavy atom. The van der Waals surface area contributed by atoms with E-state index in [1.54, 1.807) is 32.0 Å². The van der Waals surface area contributed by atoms with Gasteiger partial charge in [-0.3, -0.25) is 4.79 Å². The monoisotopic (exact) mass is 216 g/mol. The molecule has 0 N–H and O–H groups in total. The van der Waals surface area contributed by atoms with Crippen molar-refractivity contribution in [1.29, 1.82) is 0 Å². The van der Waals surface area contributed by atoms with Gasteiger partial charge in [0, 0.05) is 16.7 Å². The number of benzene rings is 1. The Morgan fingerprint density at radius 3 is 2.40 bits per heavy atom. The molecule has 15 heavy (non-hydrogen) atoms. The fourth-order valence-electron chi connectivity index (χ4n) is 1.18. The summed E-state index contributed by atoms with van der Waals surface area (Å²) in [6.07, 6.45) is 0. The third-order valence-electron chi connectivity index (χ3n) is 1.76. The molecule has 0 saturated heterocycles. The van der Waals surface area contributed by atoms with Crippen LogP contribution in [0, 0.1) is 23.7 Å². The fourth-order valence-corrected chi connectivity index (χ4v) is 1.34. The van der Waals surface area contributed by atoms with Crippen LogP contribution in [0.5, 0.6) is 0 Å². The Hall–Kier alpha value is -1.70. The van der Waals surface area contributed by atoms with Gasteiger partial charge in [-0.2, -0.15) is 0 Å². The average Bonchev–Trinajstić information content (AvgIpc) is 2.18. The minimum absolute atomic E-state index is 0.424. The number of rotatable bonds is 1. The molecule has 0 saturated carbocycles. The van der Waals surface area contributed by atoms with Crippen molar-refractivity contribution in [3.8, 4) is 23.7 Å². The summed E-state index contributed by atoms with van der Waals surface area (Å²) in [4.78, 5) is 11.1. The predicted octanol–water partition coefficient (Wildman–Crippen LogP) is 2.81. The number of halogens is 1. The summed E-state index contributed by atoms with van der Waals surface area (Å²) < 4.78 is 0. The van der Waals surface area contributed by atoms with Gasteiger partial charge in [-0.05, 0) is 43.6 Å². The molecule has 1 rings (SSSR count). The summed E-state index contributed by atoms with van der Waals surface area (Å²) in [6.45, 7) is 3.46. The van der Waals surface area contributed by atoms with Gasteiger partial charge < -0.3 is 0 Å². The van der Waals surface area contributed by atoms with Gasteiger partial charge in [0.25, 0.3) is 5.24 Å². The molecule has 2 heteroatoms. The molecule has 0 spiro atoms. The molecular formula is C13H9ClO. The van der Waals surface area contributed by atoms with E-state index >= 15 is 0 Å². The van der Waals surface area contributed by atoms with E-state index in [2.05, 4.69) is 23.7 Å². The third kappa shape index (κ3) is 2.88. The quantitative estimate of drug-likeness (QED) is 0.521.